The van der Waals surface area contributed by atoms with E-state index in [0.29, 0.717) is 25.4 Å². The molecule has 5 nitrogen and oxygen atoms in total. The van der Waals surface area contributed by atoms with Gasteiger partial charge < -0.3 is 15.3 Å². The normalized spacial score (nSPS) is 25.9. The van der Waals surface area contributed by atoms with Gasteiger partial charge in [0.1, 0.15) is 0 Å². The first-order chi connectivity index (χ1) is 9.15. The van der Waals surface area contributed by atoms with Crippen LogP contribution in [0.1, 0.15) is 45.4 Å². The zero-order chi connectivity index (χ0) is 13.8. The van der Waals surface area contributed by atoms with Crippen molar-refractivity contribution in [2.75, 3.05) is 13.2 Å². The highest BCUT2D eigenvalue weighted by atomic mass is 16.3. The summed E-state index contributed by atoms with van der Waals surface area (Å²) < 4.78 is 0. The van der Waals surface area contributed by atoms with Crippen LogP contribution in [0.15, 0.2) is 0 Å². The summed E-state index contributed by atoms with van der Waals surface area (Å²) in [5.74, 6) is -0.215. The van der Waals surface area contributed by atoms with Gasteiger partial charge in [0.15, 0.2) is 0 Å². The summed E-state index contributed by atoms with van der Waals surface area (Å²) in [7, 11) is 0. The van der Waals surface area contributed by atoms with E-state index in [9.17, 15) is 9.59 Å². The van der Waals surface area contributed by atoms with Crippen LogP contribution >= 0.6 is 0 Å². The molecule has 19 heavy (non-hydrogen) atoms. The number of nitrogens with zero attached hydrogens (tertiary/aromatic N) is 1. The molecule has 108 valence electrons. The third-order valence-corrected chi connectivity index (χ3v) is 4.35. The van der Waals surface area contributed by atoms with Crippen LogP contribution in [0.25, 0.3) is 0 Å². The van der Waals surface area contributed by atoms with Crippen LogP contribution in [-0.4, -0.2) is 47.1 Å². The Morgan fingerprint density at radius 1 is 1.47 bits per heavy atom. The fraction of sp³-hybridized carbons (Fsp3) is 0.857. The number of amides is 2. The minimum atomic E-state index is -0.242. The molecule has 0 radical (unpaired) electrons. The SMILES string of the molecule is CCC(CO)NC(=O)C1CC(=O)N(C2CCCC2)C1. The van der Waals surface area contributed by atoms with E-state index in [1.54, 1.807) is 0 Å². The topological polar surface area (TPSA) is 69.6 Å². The van der Waals surface area contributed by atoms with E-state index in [1.807, 2.05) is 11.8 Å². The fourth-order valence-corrected chi connectivity index (χ4v) is 3.07. The van der Waals surface area contributed by atoms with Gasteiger partial charge in [-0.05, 0) is 19.3 Å². The van der Waals surface area contributed by atoms with Crippen LogP contribution in [0.2, 0.25) is 0 Å². The predicted octanol–water partition coefficient (Wildman–Crippen LogP) is 0.665. The van der Waals surface area contributed by atoms with E-state index in [2.05, 4.69) is 5.32 Å². The summed E-state index contributed by atoms with van der Waals surface area (Å²) in [6.45, 7) is 2.43. The van der Waals surface area contributed by atoms with E-state index in [-0.39, 0.29) is 30.4 Å². The minimum Gasteiger partial charge on any atom is -0.394 e. The molecule has 2 fully saturated rings. The van der Waals surface area contributed by atoms with Gasteiger partial charge in [-0.1, -0.05) is 19.8 Å². The lowest BCUT2D eigenvalue weighted by molar-refractivity contribution is -0.130. The molecule has 2 unspecified atom stereocenters. The second-order valence-corrected chi connectivity index (χ2v) is 5.68. The lowest BCUT2D eigenvalue weighted by Crippen LogP contribution is -2.42. The Labute approximate surface area is 114 Å². The average Bonchev–Trinajstić information content (AvgIpc) is 3.04. The highest BCUT2D eigenvalue weighted by molar-refractivity contribution is 5.89. The predicted molar refractivity (Wildman–Crippen MR) is 71.4 cm³/mol. The van der Waals surface area contributed by atoms with E-state index in [4.69, 9.17) is 5.11 Å². The molecule has 0 aromatic rings. The van der Waals surface area contributed by atoms with Gasteiger partial charge in [-0.3, -0.25) is 9.59 Å². The zero-order valence-corrected chi connectivity index (χ0v) is 11.6. The molecular formula is C14H24N2O3. The van der Waals surface area contributed by atoms with Gasteiger partial charge >= 0.3 is 0 Å². The summed E-state index contributed by atoms with van der Waals surface area (Å²) in [4.78, 5) is 26.0. The standard InChI is InChI=1S/C14H24N2O3/c1-2-11(9-17)15-14(19)10-7-13(18)16(8-10)12-5-3-4-6-12/h10-12,17H,2-9H2,1H3,(H,15,19). The van der Waals surface area contributed by atoms with E-state index in [0.717, 1.165) is 12.8 Å². The number of carbonyl (C=O) groups is 2. The van der Waals surface area contributed by atoms with E-state index in [1.165, 1.54) is 12.8 Å². The molecule has 1 aliphatic carbocycles. The van der Waals surface area contributed by atoms with Crippen LogP contribution in [0, 0.1) is 5.92 Å². The van der Waals surface area contributed by atoms with E-state index < -0.39 is 0 Å². The largest absolute Gasteiger partial charge is 0.394 e. The highest BCUT2D eigenvalue weighted by Crippen LogP contribution is 2.29. The summed E-state index contributed by atoms with van der Waals surface area (Å²) in [6, 6.07) is 0.160. The number of carbonyl (C=O) groups excluding carboxylic acids is 2. The lowest BCUT2D eigenvalue weighted by atomic mass is 10.1. The lowest BCUT2D eigenvalue weighted by Gasteiger charge is -2.24. The summed E-state index contributed by atoms with van der Waals surface area (Å²) in [5, 5.41) is 11.9. The molecule has 1 heterocycles. The number of hydrogen-bond donors (Lipinski definition) is 2. The maximum absolute atomic E-state index is 12.1. The average molecular weight is 268 g/mol. The molecule has 0 bridgehead atoms. The Balaban J connectivity index is 1.89. The van der Waals surface area contributed by atoms with Gasteiger partial charge in [0, 0.05) is 19.0 Å². The van der Waals surface area contributed by atoms with Crippen molar-refractivity contribution in [3.8, 4) is 0 Å². The van der Waals surface area contributed by atoms with E-state index >= 15 is 0 Å². The monoisotopic (exact) mass is 268 g/mol. The van der Waals surface area contributed by atoms with Crippen molar-refractivity contribution in [1.82, 2.24) is 10.2 Å². The molecule has 2 atom stereocenters. The summed E-state index contributed by atoms with van der Waals surface area (Å²) in [6.07, 6.45) is 5.56. The molecule has 5 heteroatoms. The first kappa shape index (κ1) is 14.3. The van der Waals surface area contributed by atoms with Crippen LogP contribution in [0.4, 0.5) is 0 Å². The molecule has 2 N–H and O–H groups in total. The molecule has 2 rings (SSSR count). The Bertz CT molecular complexity index is 336. The quantitative estimate of drug-likeness (QED) is 0.770. The van der Waals surface area contributed by atoms with Crippen molar-refractivity contribution in [2.45, 2.75) is 57.5 Å². The van der Waals surface area contributed by atoms with Crippen LogP contribution in [-0.2, 0) is 9.59 Å². The number of likely N-dealkylation sites (tertiary alicyclic amines) is 1. The summed E-state index contributed by atoms with van der Waals surface area (Å²) in [5.41, 5.74) is 0. The second kappa shape index (κ2) is 6.37. The van der Waals surface area contributed by atoms with Crippen molar-refractivity contribution in [2.24, 2.45) is 5.92 Å². The van der Waals surface area contributed by atoms with Gasteiger partial charge in [-0.25, -0.2) is 0 Å². The Hall–Kier alpha value is -1.10. The number of hydrogen-bond acceptors (Lipinski definition) is 3. The maximum Gasteiger partial charge on any atom is 0.225 e. The Kier molecular flexibility index (Phi) is 4.80. The highest BCUT2D eigenvalue weighted by Gasteiger charge is 2.38. The zero-order valence-electron chi connectivity index (χ0n) is 11.6. The third-order valence-electron chi connectivity index (χ3n) is 4.35. The molecular weight excluding hydrogens is 244 g/mol. The van der Waals surface area contributed by atoms with Crippen LogP contribution in [0.5, 0.6) is 0 Å². The first-order valence-corrected chi connectivity index (χ1v) is 7.36. The van der Waals surface area contributed by atoms with Crippen LogP contribution < -0.4 is 5.32 Å². The van der Waals surface area contributed by atoms with Gasteiger partial charge in [0.2, 0.25) is 11.8 Å². The minimum absolute atomic E-state index is 0.0464. The van der Waals surface area contributed by atoms with Crippen molar-refractivity contribution in [3.05, 3.63) is 0 Å². The van der Waals surface area contributed by atoms with Crippen LogP contribution in [0.3, 0.4) is 0 Å². The fourth-order valence-electron chi connectivity index (χ4n) is 3.07. The van der Waals surface area contributed by atoms with Crippen molar-refractivity contribution < 1.29 is 14.7 Å². The molecule has 2 aliphatic rings. The molecule has 1 saturated carbocycles. The Morgan fingerprint density at radius 2 is 2.16 bits per heavy atom. The van der Waals surface area contributed by atoms with Crippen molar-refractivity contribution in [3.63, 3.8) is 0 Å². The van der Waals surface area contributed by atoms with Crippen molar-refractivity contribution >= 4 is 11.8 Å². The second-order valence-electron chi connectivity index (χ2n) is 5.68. The number of aliphatic hydroxyl groups is 1. The van der Waals surface area contributed by atoms with Gasteiger partial charge in [0.25, 0.3) is 0 Å². The van der Waals surface area contributed by atoms with Gasteiger partial charge in [-0.15, -0.1) is 0 Å². The molecule has 0 spiro atoms. The summed E-state index contributed by atoms with van der Waals surface area (Å²) >= 11 is 0. The molecule has 0 aromatic carbocycles. The molecule has 1 saturated heterocycles. The first-order valence-electron chi connectivity index (χ1n) is 7.36. The number of nitrogens with one attached hydrogen (secondary N) is 1. The molecule has 2 amide bonds. The number of rotatable bonds is 5. The van der Waals surface area contributed by atoms with Crippen molar-refractivity contribution in [1.29, 1.82) is 0 Å². The third kappa shape index (κ3) is 3.26. The van der Waals surface area contributed by atoms with Gasteiger partial charge in [0.05, 0.1) is 18.6 Å². The van der Waals surface area contributed by atoms with Gasteiger partial charge in [-0.2, -0.15) is 0 Å². The molecule has 1 aliphatic heterocycles. The molecule has 0 aromatic heterocycles. The maximum atomic E-state index is 12.1. The number of aliphatic hydroxyl groups excluding tert-OH is 1. The smallest absolute Gasteiger partial charge is 0.225 e. The Morgan fingerprint density at radius 3 is 2.74 bits per heavy atom.